The van der Waals surface area contributed by atoms with Crippen molar-refractivity contribution in [2.75, 3.05) is 6.54 Å². The predicted octanol–water partition coefficient (Wildman–Crippen LogP) is -0.565. The number of carboxylic acids is 3. The first-order valence-corrected chi connectivity index (χ1v) is 13.5. The number of aromatic nitrogens is 1. The molecule has 15 nitrogen and oxygen atoms in total. The summed E-state index contributed by atoms with van der Waals surface area (Å²) in [6.45, 7) is 0.414. The first-order valence-electron chi connectivity index (χ1n) is 13.5. The molecule has 0 aliphatic heterocycles. The fourth-order valence-corrected chi connectivity index (χ4v) is 4.25. The van der Waals surface area contributed by atoms with Crippen molar-refractivity contribution >= 4 is 46.5 Å². The van der Waals surface area contributed by atoms with Crippen LogP contribution in [0.4, 0.5) is 0 Å². The number of para-hydroxylation sites is 1. The number of nitrogens with one attached hydrogen (secondary N) is 4. The Balaban J connectivity index is 2.30. The maximum absolute atomic E-state index is 13.4. The highest BCUT2D eigenvalue weighted by molar-refractivity contribution is 5.95. The zero-order valence-electron chi connectivity index (χ0n) is 23.0. The molecule has 2 aromatic rings. The quantitative estimate of drug-likeness (QED) is 0.0935. The number of hydrogen-bond acceptors (Lipinski definition) is 8. The van der Waals surface area contributed by atoms with E-state index in [1.807, 2.05) is 0 Å². The molecule has 230 valence electrons. The van der Waals surface area contributed by atoms with E-state index >= 15 is 0 Å². The summed E-state index contributed by atoms with van der Waals surface area (Å²) in [6, 6.07) is 1.89. The molecule has 0 spiro atoms. The summed E-state index contributed by atoms with van der Waals surface area (Å²) >= 11 is 0. The van der Waals surface area contributed by atoms with Gasteiger partial charge in [-0.1, -0.05) is 24.6 Å². The second kappa shape index (κ2) is 16.7. The van der Waals surface area contributed by atoms with Gasteiger partial charge in [-0.25, -0.2) is 4.79 Å². The molecule has 4 unspecified atom stereocenters. The van der Waals surface area contributed by atoms with Crippen LogP contribution >= 0.6 is 0 Å². The highest BCUT2D eigenvalue weighted by Crippen LogP contribution is 2.19. The van der Waals surface area contributed by atoms with E-state index < -0.39 is 79.1 Å². The SMILES string of the molecule is NCCCCC(N)C(=O)NC(CCC(=O)O)C(=O)NC(Cc1c[nH]c2ccccc12)C(=O)NC(CCC(=O)O)C(=O)O. The highest BCUT2D eigenvalue weighted by atomic mass is 16.4. The molecule has 4 atom stereocenters. The summed E-state index contributed by atoms with van der Waals surface area (Å²) in [6.07, 6.45) is 1.31. The van der Waals surface area contributed by atoms with E-state index in [1.54, 1.807) is 30.5 Å². The zero-order chi connectivity index (χ0) is 31.2. The van der Waals surface area contributed by atoms with Crippen LogP contribution in [0.2, 0.25) is 0 Å². The second-order valence-electron chi connectivity index (χ2n) is 9.84. The first-order chi connectivity index (χ1) is 19.9. The van der Waals surface area contributed by atoms with Gasteiger partial charge in [-0.15, -0.1) is 0 Å². The molecular weight excluding hydrogens is 552 g/mol. The fraction of sp³-hybridized carbons (Fsp3) is 0.481. The lowest BCUT2D eigenvalue weighted by atomic mass is 10.0. The van der Waals surface area contributed by atoms with Crippen molar-refractivity contribution < 1.29 is 44.1 Å². The summed E-state index contributed by atoms with van der Waals surface area (Å²) in [5, 5.41) is 35.6. The van der Waals surface area contributed by atoms with Gasteiger partial charge in [0.1, 0.15) is 18.1 Å². The van der Waals surface area contributed by atoms with Crippen LogP contribution in [0.15, 0.2) is 30.5 Å². The fourth-order valence-electron chi connectivity index (χ4n) is 4.25. The Morgan fingerprint density at radius 1 is 0.762 bits per heavy atom. The van der Waals surface area contributed by atoms with Crippen molar-refractivity contribution in [1.82, 2.24) is 20.9 Å². The molecule has 0 saturated carbocycles. The Morgan fingerprint density at radius 2 is 1.33 bits per heavy atom. The first kappa shape index (κ1) is 33.7. The van der Waals surface area contributed by atoms with E-state index in [9.17, 15) is 33.9 Å². The van der Waals surface area contributed by atoms with E-state index in [2.05, 4.69) is 20.9 Å². The predicted molar refractivity (Wildman–Crippen MR) is 150 cm³/mol. The Hall–Kier alpha value is -4.50. The monoisotopic (exact) mass is 590 g/mol. The molecular formula is C27H38N6O9. The van der Waals surface area contributed by atoms with E-state index in [1.165, 1.54) is 0 Å². The molecule has 11 N–H and O–H groups in total. The summed E-state index contributed by atoms with van der Waals surface area (Å²) in [5.74, 6) is -6.40. The van der Waals surface area contributed by atoms with E-state index in [0.29, 0.717) is 24.9 Å². The topological polar surface area (TPSA) is 267 Å². The van der Waals surface area contributed by atoms with Gasteiger partial charge in [0, 0.05) is 36.4 Å². The number of aromatic amines is 1. The minimum atomic E-state index is -1.55. The normalized spacial score (nSPS) is 13.9. The minimum absolute atomic E-state index is 0.106. The van der Waals surface area contributed by atoms with Gasteiger partial charge >= 0.3 is 17.9 Å². The number of amides is 3. The Kier molecular flexibility index (Phi) is 13.4. The van der Waals surface area contributed by atoms with Gasteiger partial charge < -0.3 is 47.7 Å². The summed E-state index contributed by atoms with van der Waals surface area (Å²) < 4.78 is 0. The molecule has 0 fully saturated rings. The largest absolute Gasteiger partial charge is 0.481 e. The lowest BCUT2D eigenvalue weighted by molar-refractivity contribution is -0.143. The Morgan fingerprint density at radius 3 is 1.95 bits per heavy atom. The molecule has 0 radical (unpaired) electrons. The number of carbonyl (C=O) groups excluding carboxylic acids is 3. The molecule has 42 heavy (non-hydrogen) atoms. The molecule has 1 aromatic carbocycles. The van der Waals surface area contributed by atoms with Crippen LogP contribution in [0, 0.1) is 0 Å². The molecule has 0 bridgehead atoms. The van der Waals surface area contributed by atoms with Gasteiger partial charge in [0.25, 0.3) is 0 Å². The van der Waals surface area contributed by atoms with Gasteiger partial charge in [-0.2, -0.15) is 0 Å². The third-order valence-electron chi connectivity index (χ3n) is 6.58. The van der Waals surface area contributed by atoms with Gasteiger partial charge in [0.05, 0.1) is 6.04 Å². The maximum Gasteiger partial charge on any atom is 0.326 e. The number of fused-ring (bicyclic) bond motifs is 1. The van der Waals surface area contributed by atoms with Crippen LogP contribution in [-0.2, 0) is 35.2 Å². The van der Waals surface area contributed by atoms with Crippen molar-refractivity contribution in [3.63, 3.8) is 0 Å². The van der Waals surface area contributed by atoms with Gasteiger partial charge in [0.2, 0.25) is 17.7 Å². The molecule has 2 rings (SSSR count). The number of carboxylic acid groups (broad SMARTS) is 3. The van der Waals surface area contributed by atoms with Crippen LogP contribution < -0.4 is 27.4 Å². The highest BCUT2D eigenvalue weighted by Gasteiger charge is 2.31. The van der Waals surface area contributed by atoms with Gasteiger partial charge in [-0.3, -0.25) is 24.0 Å². The van der Waals surface area contributed by atoms with Crippen molar-refractivity contribution in [3.05, 3.63) is 36.0 Å². The summed E-state index contributed by atoms with van der Waals surface area (Å²) in [5.41, 5.74) is 12.7. The zero-order valence-corrected chi connectivity index (χ0v) is 23.0. The Bertz CT molecular complexity index is 1260. The lowest BCUT2D eigenvalue weighted by Gasteiger charge is -2.25. The average molecular weight is 591 g/mol. The minimum Gasteiger partial charge on any atom is -0.481 e. The maximum atomic E-state index is 13.4. The molecule has 15 heteroatoms. The van der Waals surface area contributed by atoms with Crippen LogP contribution in [0.5, 0.6) is 0 Å². The third-order valence-corrected chi connectivity index (χ3v) is 6.58. The number of unbranched alkanes of at least 4 members (excludes halogenated alkanes) is 1. The van der Waals surface area contributed by atoms with E-state index in [0.717, 1.165) is 10.9 Å². The van der Waals surface area contributed by atoms with Crippen molar-refractivity contribution in [2.45, 2.75) is 75.5 Å². The van der Waals surface area contributed by atoms with Crippen LogP contribution in [0.25, 0.3) is 10.9 Å². The number of rotatable bonds is 19. The molecule has 0 saturated heterocycles. The number of hydrogen-bond donors (Lipinski definition) is 9. The number of carbonyl (C=O) groups is 6. The molecule has 0 aliphatic rings. The lowest BCUT2D eigenvalue weighted by Crippen LogP contribution is -2.57. The number of H-pyrrole nitrogens is 1. The van der Waals surface area contributed by atoms with Crippen LogP contribution in [0.3, 0.4) is 0 Å². The van der Waals surface area contributed by atoms with E-state index in [-0.39, 0.29) is 19.3 Å². The van der Waals surface area contributed by atoms with Gasteiger partial charge in [0.15, 0.2) is 0 Å². The van der Waals surface area contributed by atoms with Crippen molar-refractivity contribution in [1.29, 1.82) is 0 Å². The number of benzene rings is 1. The van der Waals surface area contributed by atoms with Crippen LogP contribution in [0.1, 0.15) is 50.5 Å². The number of nitrogens with two attached hydrogens (primary N) is 2. The summed E-state index contributed by atoms with van der Waals surface area (Å²) in [7, 11) is 0. The van der Waals surface area contributed by atoms with Crippen molar-refractivity contribution in [2.24, 2.45) is 11.5 Å². The number of aliphatic carboxylic acids is 3. The molecule has 3 amide bonds. The average Bonchev–Trinajstić information content (AvgIpc) is 3.34. The van der Waals surface area contributed by atoms with Crippen molar-refractivity contribution in [3.8, 4) is 0 Å². The molecule has 1 heterocycles. The summed E-state index contributed by atoms with van der Waals surface area (Å²) in [4.78, 5) is 76.3. The smallest absolute Gasteiger partial charge is 0.326 e. The standard InChI is InChI=1S/C27H38N6O9/c28-12-4-3-6-17(29)24(38)31-19(8-10-22(34)35)25(39)33-21(13-15-14-30-18-7-2-1-5-16(15)18)26(40)32-20(27(41)42)9-11-23(36)37/h1-2,5,7,14,17,19-21,30H,3-4,6,8-13,28-29H2,(H,31,38)(H,32,40)(H,33,39)(H,34,35)(H,36,37)(H,41,42). The second-order valence-corrected chi connectivity index (χ2v) is 9.84. The van der Waals surface area contributed by atoms with Crippen LogP contribution in [-0.4, -0.2) is 86.6 Å². The third kappa shape index (κ3) is 10.8. The van der Waals surface area contributed by atoms with Gasteiger partial charge in [-0.05, 0) is 43.9 Å². The Labute approximate surface area is 241 Å². The molecule has 1 aromatic heterocycles. The van der Waals surface area contributed by atoms with E-state index in [4.69, 9.17) is 21.7 Å². The molecule has 0 aliphatic carbocycles.